The second kappa shape index (κ2) is 12.0. The highest BCUT2D eigenvalue weighted by Crippen LogP contribution is 2.34. The van der Waals surface area contributed by atoms with Crippen LogP contribution in [0.3, 0.4) is 0 Å². The first-order chi connectivity index (χ1) is 19.7. The van der Waals surface area contributed by atoms with Gasteiger partial charge in [-0.1, -0.05) is 45.0 Å². The van der Waals surface area contributed by atoms with Gasteiger partial charge in [-0.3, -0.25) is 4.79 Å². The van der Waals surface area contributed by atoms with Gasteiger partial charge in [0.25, 0.3) is 5.91 Å². The van der Waals surface area contributed by atoms with Crippen molar-refractivity contribution in [3.63, 3.8) is 0 Å². The summed E-state index contributed by atoms with van der Waals surface area (Å²) >= 11 is 0. The van der Waals surface area contributed by atoms with Gasteiger partial charge in [0.15, 0.2) is 11.6 Å². The number of nitrogens with zero attached hydrogens (tertiary/aromatic N) is 4. The van der Waals surface area contributed by atoms with E-state index in [1.807, 2.05) is 67.6 Å². The third-order valence-corrected chi connectivity index (χ3v) is 7.54. The maximum Gasteiger partial charge on any atom is 0.255 e. The van der Waals surface area contributed by atoms with Gasteiger partial charge in [-0.25, -0.2) is 4.98 Å². The number of hydrogen-bond acceptors (Lipinski definition) is 7. The second-order valence-corrected chi connectivity index (χ2v) is 11.5. The molecule has 1 aliphatic rings. The summed E-state index contributed by atoms with van der Waals surface area (Å²) in [6, 6.07) is 19.6. The lowest BCUT2D eigenvalue weighted by Gasteiger charge is -2.27. The molecule has 2 aromatic carbocycles. The molecule has 1 aliphatic heterocycles. The standard InChI is InChI=1S/C33H38N6O2/c1-22-26(10-9-11-27(22)36-31(40)23-12-14-25(15-13-23)33(2,3)4)24-20-28(32(41-5)34-21-24)35-29-16-17-30(38-37-29)39-18-7-6-8-19-39/h9-17,20-21H,6-8,18-19H2,1-5H3,(H,35,37)(H,36,40). The van der Waals surface area contributed by atoms with E-state index in [9.17, 15) is 4.79 Å². The van der Waals surface area contributed by atoms with Crippen LogP contribution < -0.4 is 20.3 Å². The number of ether oxygens (including phenoxy) is 1. The van der Waals surface area contributed by atoms with Crippen molar-refractivity contribution in [2.75, 3.05) is 35.7 Å². The Hall–Kier alpha value is -4.46. The SMILES string of the molecule is COc1ncc(-c2cccc(NC(=O)c3ccc(C(C)(C)C)cc3)c2C)cc1Nc1ccc(N2CCCCC2)nn1. The number of anilines is 4. The molecule has 0 bridgehead atoms. The minimum absolute atomic E-state index is 0.0309. The molecule has 5 rings (SSSR count). The first kappa shape index (κ1) is 28.1. The van der Waals surface area contributed by atoms with Gasteiger partial charge >= 0.3 is 0 Å². The van der Waals surface area contributed by atoms with Crippen molar-refractivity contribution >= 4 is 28.9 Å². The van der Waals surface area contributed by atoms with Gasteiger partial charge < -0.3 is 20.3 Å². The molecule has 1 fully saturated rings. The quantitative estimate of drug-likeness (QED) is 0.253. The summed E-state index contributed by atoms with van der Waals surface area (Å²) < 4.78 is 5.53. The van der Waals surface area contributed by atoms with Crippen LogP contribution in [0.4, 0.5) is 23.0 Å². The normalized spacial score (nSPS) is 13.5. The van der Waals surface area contributed by atoms with Crippen molar-refractivity contribution in [2.24, 2.45) is 0 Å². The molecule has 4 aromatic rings. The number of carbonyl (C=O) groups excluding carboxylic acids is 1. The van der Waals surface area contributed by atoms with Crippen LogP contribution in [-0.2, 0) is 5.41 Å². The lowest BCUT2D eigenvalue weighted by Crippen LogP contribution is -2.30. The molecule has 0 spiro atoms. The molecule has 1 amide bonds. The molecule has 212 valence electrons. The highest BCUT2D eigenvalue weighted by atomic mass is 16.5. The molecule has 0 atom stereocenters. The molecule has 0 unspecified atom stereocenters. The maximum absolute atomic E-state index is 13.1. The van der Waals surface area contributed by atoms with E-state index < -0.39 is 0 Å². The molecule has 1 saturated heterocycles. The largest absolute Gasteiger partial charge is 0.480 e. The number of nitrogens with one attached hydrogen (secondary N) is 2. The van der Waals surface area contributed by atoms with Gasteiger partial charge in [-0.2, -0.15) is 0 Å². The predicted molar refractivity (Wildman–Crippen MR) is 165 cm³/mol. The monoisotopic (exact) mass is 550 g/mol. The molecule has 3 heterocycles. The Labute approximate surface area is 242 Å². The average molecular weight is 551 g/mol. The molecule has 0 aliphatic carbocycles. The number of aromatic nitrogens is 3. The van der Waals surface area contributed by atoms with Crippen molar-refractivity contribution in [2.45, 2.75) is 52.4 Å². The molecule has 41 heavy (non-hydrogen) atoms. The van der Waals surface area contributed by atoms with E-state index in [4.69, 9.17) is 4.74 Å². The number of rotatable bonds is 7. The molecule has 0 radical (unpaired) electrons. The molecule has 2 N–H and O–H groups in total. The average Bonchev–Trinajstić information content (AvgIpc) is 2.98. The van der Waals surface area contributed by atoms with E-state index >= 15 is 0 Å². The van der Waals surface area contributed by atoms with Crippen LogP contribution >= 0.6 is 0 Å². The Morgan fingerprint density at radius 2 is 1.68 bits per heavy atom. The predicted octanol–water partition coefficient (Wildman–Crippen LogP) is 7.14. The zero-order chi connectivity index (χ0) is 29.0. The summed E-state index contributed by atoms with van der Waals surface area (Å²) in [7, 11) is 1.59. The molecule has 8 heteroatoms. The van der Waals surface area contributed by atoms with Crippen LogP contribution in [0.25, 0.3) is 11.1 Å². The number of methoxy groups -OCH3 is 1. The summed E-state index contributed by atoms with van der Waals surface area (Å²) in [4.78, 5) is 19.9. The summed E-state index contributed by atoms with van der Waals surface area (Å²) in [6.45, 7) is 10.5. The summed E-state index contributed by atoms with van der Waals surface area (Å²) in [5.74, 6) is 1.82. The van der Waals surface area contributed by atoms with E-state index in [1.165, 1.54) is 24.8 Å². The van der Waals surface area contributed by atoms with Crippen LogP contribution in [0.2, 0.25) is 0 Å². The highest BCUT2D eigenvalue weighted by Gasteiger charge is 2.17. The number of pyridine rings is 1. The second-order valence-electron chi connectivity index (χ2n) is 11.5. The third-order valence-electron chi connectivity index (χ3n) is 7.54. The molecule has 8 nitrogen and oxygen atoms in total. The van der Waals surface area contributed by atoms with E-state index in [1.54, 1.807) is 13.3 Å². The highest BCUT2D eigenvalue weighted by molar-refractivity contribution is 6.05. The number of amides is 1. The topological polar surface area (TPSA) is 92.3 Å². The van der Waals surface area contributed by atoms with Crippen LogP contribution in [0.5, 0.6) is 5.88 Å². The first-order valence-corrected chi connectivity index (χ1v) is 14.1. The van der Waals surface area contributed by atoms with Crippen molar-refractivity contribution in [3.05, 3.63) is 83.6 Å². The Balaban J connectivity index is 1.35. The van der Waals surface area contributed by atoms with Crippen molar-refractivity contribution in [3.8, 4) is 17.0 Å². The van der Waals surface area contributed by atoms with Crippen LogP contribution in [0.15, 0.2) is 66.9 Å². The molecular weight excluding hydrogens is 512 g/mol. The minimum atomic E-state index is -0.146. The lowest BCUT2D eigenvalue weighted by molar-refractivity contribution is 0.102. The Kier molecular flexibility index (Phi) is 8.19. The molecule has 2 aromatic heterocycles. The summed E-state index contributed by atoms with van der Waals surface area (Å²) in [5.41, 5.74) is 6.04. The fourth-order valence-corrected chi connectivity index (χ4v) is 5.07. The molecule has 0 saturated carbocycles. The smallest absolute Gasteiger partial charge is 0.255 e. The maximum atomic E-state index is 13.1. The number of hydrogen-bond donors (Lipinski definition) is 2. The fourth-order valence-electron chi connectivity index (χ4n) is 5.07. The van der Waals surface area contributed by atoms with E-state index in [-0.39, 0.29) is 11.3 Å². The Morgan fingerprint density at radius 3 is 2.34 bits per heavy atom. The van der Waals surface area contributed by atoms with Crippen LogP contribution in [-0.4, -0.2) is 41.3 Å². The van der Waals surface area contributed by atoms with Crippen LogP contribution in [0.1, 0.15) is 61.5 Å². The van der Waals surface area contributed by atoms with Gasteiger partial charge in [0.2, 0.25) is 5.88 Å². The minimum Gasteiger partial charge on any atom is -0.480 e. The summed E-state index contributed by atoms with van der Waals surface area (Å²) in [5, 5.41) is 15.2. The fraction of sp³-hybridized carbons (Fsp3) is 0.333. The number of piperidine rings is 1. The van der Waals surface area contributed by atoms with E-state index in [0.29, 0.717) is 22.9 Å². The zero-order valence-corrected chi connectivity index (χ0v) is 24.5. The van der Waals surface area contributed by atoms with Gasteiger partial charge in [-0.15, -0.1) is 10.2 Å². The first-order valence-electron chi connectivity index (χ1n) is 14.1. The summed E-state index contributed by atoms with van der Waals surface area (Å²) in [6.07, 6.45) is 5.42. The van der Waals surface area contributed by atoms with E-state index in [0.717, 1.165) is 41.3 Å². The van der Waals surface area contributed by atoms with Gasteiger partial charge in [0, 0.05) is 36.1 Å². The third kappa shape index (κ3) is 6.48. The van der Waals surface area contributed by atoms with Crippen molar-refractivity contribution in [1.82, 2.24) is 15.2 Å². The zero-order valence-electron chi connectivity index (χ0n) is 24.5. The van der Waals surface area contributed by atoms with Gasteiger partial charge in [0.1, 0.15) is 5.69 Å². The number of benzene rings is 2. The van der Waals surface area contributed by atoms with E-state index in [2.05, 4.69) is 51.5 Å². The van der Waals surface area contributed by atoms with Gasteiger partial charge in [0.05, 0.1) is 7.11 Å². The Morgan fingerprint density at radius 1 is 0.927 bits per heavy atom. The van der Waals surface area contributed by atoms with Gasteiger partial charge in [-0.05, 0) is 84.7 Å². The number of carbonyl (C=O) groups is 1. The Bertz CT molecular complexity index is 1500. The lowest BCUT2D eigenvalue weighted by atomic mass is 9.86. The van der Waals surface area contributed by atoms with Crippen molar-refractivity contribution in [1.29, 1.82) is 0 Å². The molecular formula is C33H38N6O2. The van der Waals surface area contributed by atoms with Crippen LogP contribution in [0, 0.1) is 6.92 Å². The van der Waals surface area contributed by atoms with Crippen molar-refractivity contribution < 1.29 is 9.53 Å².